The number of rotatable bonds is 2. The van der Waals surface area contributed by atoms with Crippen molar-refractivity contribution in [3.05, 3.63) is 0 Å². The first kappa shape index (κ1) is 22.5. The molecular formula is C9H27NS. The highest BCUT2D eigenvalue weighted by atomic mass is 32.2. The number of hydrogen-bond donors (Lipinski definition) is 1. The first-order valence-corrected chi connectivity index (χ1v) is 6.00. The third kappa shape index (κ3) is 133. The third-order valence-corrected chi connectivity index (χ3v) is 0.966. The molecule has 11 heavy (non-hydrogen) atoms. The summed E-state index contributed by atoms with van der Waals surface area (Å²) in [5.41, 5.74) is 5.12. The maximum atomic E-state index is 5.12. The fourth-order valence-electron chi connectivity index (χ4n) is 0.118. The van der Waals surface area contributed by atoms with Gasteiger partial charge in [0.15, 0.2) is 0 Å². The molecule has 0 amide bonds. The largest absolute Gasteiger partial charge is 0.330 e. The van der Waals surface area contributed by atoms with Crippen LogP contribution < -0.4 is 5.73 Å². The Morgan fingerprint density at radius 3 is 1.18 bits per heavy atom. The van der Waals surface area contributed by atoms with E-state index in [0.717, 1.165) is 12.3 Å². The lowest BCUT2D eigenvalue weighted by atomic mass is 10.8. The molecule has 0 aromatic rings. The molecule has 2 N–H and O–H groups in total. The third-order valence-electron chi connectivity index (χ3n) is 0.322. The van der Waals surface area contributed by atoms with Crippen molar-refractivity contribution in [2.45, 2.75) is 41.5 Å². The second-order valence-electron chi connectivity index (χ2n) is 0.781. The number of hydrogen-bond acceptors (Lipinski definition) is 2. The molecule has 1 nitrogen and oxygen atoms in total. The zero-order chi connectivity index (χ0) is 10.1. The summed E-state index contributed by atoms with van der Waals surface area (Å²) in [6, 6.07) is 0. The lowest BCUT2D eigenvalue weighted by Gasteiger charge is -1.80. The molecule has 0 aromatic carbocycles. The number of thioether (sulfide) groups is 1. The molecule has 0 saturated carbocycles. The van der Waals surface area contributed by atoms with Gasteiger partial charge in [0.05, 0.1) is 0 Å². The predicted molar refractivity (Wildman–Crippen MR) is 61.5 cm³/mol. The molecule has 0 aliphatic carbocycles. The molecule has 0 unspecified atom stereocenters. The van der Waals surface area contributed by atoms with Crippen molar-refractivity contribution in [1.82, 2.24) is 0 Å². The van der Waals surface area contributed by atoms with Crippen LogP contribution in [0.4, 0.5) is 0 Å². The fraction of sp³-hybridized carbons (Fsp3) is 1.00. The van der Waals surface area contributed by atoms with Crippen LogP contribution in [0.15, 0.2) is 0 Å². The Labute approximate surface area is 78.1 Å². The lowest BCUT2D eigenvalue weighted by Crippen LogP contribution is -1.99. The van der Waals surface area contributed by atoms with Gasteiger partial charge in [-0.1, -0.05) is 41.5 Å². The van der Waals surface area contributed by atoms with Crippen LogP contribution in [-0.4, -0.2) is 18.6 Å². The molecule has 0 fully saturated rings. The smallest absolute Gasteiger partial charge is 0.00530 e. The second kappa shape index (κ2) is 81.6. The first-order valence-electron chi connectivity index (χ1n) is 4.61. The van der Waals surface area contributed by atoms with E-state index in [-0.39, 0.29) is 0 Å². The molecule has 0 saturated heterocycles. The van der Waals surface area contributed by atoms with Gasteiger partial charge in [0, 0.05) is 12.3 Å². The maximum absolute atomic E-state index is 5.12. The van der Waals surface area contributed by atoms with Crippen LogP contribution in [0.2, 0.25) is 0 Å². The Balaban J connectivity index is -0.0000000350. The Kier molecular flexibility index (Phi) is 167. The van der Waals surface area contributed by atoms with E-state index >= 15 is 0 Å². The average Bonchev–Trinajstić information content (AvgIpc) is 2.16. The van der Waals surface area contributed by atoms with Crippen LogP contribution in [0.5, 0.6) is 0 Å². The Hall–Kier alpha value is 0.310. The molecule has 0 rings (SSSR count). The summed E-state index contributed by atoms with van der Waals surface area (Å²) in [6.45, 7) is 12.8. The first-order chi connectivity index (χ1) is 5.41. The quantitative estimate of drug-likeness (QED) is 0.707. The van der Waals surface area contributed by atoms with Crippen molar-refractivity contribution < 1.29 is 0 Å². The van der Waals surface area contributed by atoms with Crippen LogP contribution in [-0.2, 0) is 0 Å². The summed E-state index contributed by atoms with van der Waals surface area (Å²) in [4.78, 5) is 0. The van der Waals surface area contributed by atoms with Crippen molar-refractivity contribution in [3.8, 4) is 0 Å². The molecule has 2 heteroatoms. The van der Waals surface area contributed by atoms with Crippen molar-refractivity contribution >= 4 is 11.8 Å². The molecule has 0 aliphatic rings. The van der Waals surface area contributed by atoms with E-state index in [9.17, 15) is 0 Å². The van der Waals surface area contributed by atoms with E-state index in [1.54, 1.807) is 11.8 Å². The zero-order valence-electron chi connectivity index (χ0n) is 9.40. The van der Waals surface area contributed by atoms with Gasteiger partial charge in [0.1, 0.15) is 0 Å². The van der Waals surface area contributed by atoms with Crippen LogP contribution in [0, 0.1) is 0 Å². The van der Waals surface area contributed by atoms with Crippen LogP contribution in [0.3, 0.4) is 0 Å². The van der Waals surface area contributed by atoms with E-state index in [1.807, 2.05) is 47.8 Å². The summed E-state index contributed by atoms with van der Waals surface area (Å²) in [5.74, 6) is 1.08. The minimum atomic E-state index is 0.807. The van der Waals surface area contributed by atoms with Gasteiger partial charge >= 0.3 is 0 Å². The summed E-state index contributed by atoms with van der Waals surface area (Å²) >= 11 is 1.78. The van der Waals surface area contributed by atoms with Gasteiger partial charge in [-0.15, -0.1) is 0 Å². The molecule has 0 aromatic heterocycles. The maximum Gasteiger partial charge on any atom is 0.00530 e. The molecule has 74 valence electrons. The summed E-state index contributed by atoms with van der Waals surface area (Å²) in [7, 11) is 0. The Morgan fingerprint density at radius 2 is 1.18 bits per heavy atom. The summed E-state index contributed by atoms with van der Waals surface area (Å²) in [5, 5.41) is 0. The molecular weight excluding hydrogens is 154 g/mol. The predicted octanol–water partition coefficient (Wildman–Crippen LogP) is 3.39. The highest BCUT2D eigenvalue weighted by molar-refractivity contribution is 7.98. The second-order valence-corrected chi connectivity index (χ2v) is 1.77. The monoisotopic (exact) mass is 181 g/mol. The van der Waals surface area contributed by atoms with Crippen molar-refractivity contribution in [2.24, 2.45) is 5.73 Å². The van der Waals surface area contributed by atoms with Crippen LogP contribution in [0.1, 0.15) is 41.5 Å². The van der Waals surface area contributed by atoms with Crippen LogP contribution >= 0.6 is 11.8 Å². The SMILES string of the molecule is CC.CC.CC.CSCCN. The summed E-state index contributed by atoms with van der Waals surface area (Å²) < 4.78 is 0. The molecule has 0 spiro atoms. The van der Waals surface area contributed by atoms with E-state index in [2.05, 4.69) is 0 Å². The van der Waals surface area contributed by atoms with Gasteiger partial charge in [-0.2, -0.15) is 11.8 Å². The van der Waals surface area contributed by atoms with E-state index < -0.39 is 0 Å². The Bertz CT molecular complexity index is 17.0. The van der Waals surface area contributed by atoms with Crippen molar-refractivity contribution in [2.75, 3.05) is 18.6 Å². The normalized spacial score (nSPS) is 5.45. The number of nitrogens with two attached hydrogens (primary N) is 1. The molecule has 0 heterocycles. The average molecular weight is 181 g/mol. The lowest BCUT2D eigenvalue weighted by molar-refractivity contribution is 1.15. The van der Waals surface area contributed by atoms with Gasteiger partial charge in [0.2, 0.25) is 0 Å². The van der Waals surface area contributed by atoms with Crippen LogP contribution in [0.25, 0.3) is 0 Å². The molecule has 0 radical (unpaired) electrons. The van der Waals surface area contributed by atoms with Gasteiger partial charge in [-0.25, -0.2) is 0 Å². The van der Waals surface area contributed by atoms with Gasteiger partial charge in [-0.3, -0.25) is 0 Å². The van der Waals surface area contributed by atoms with Gasteiger partial charge < -0.3 is 5.73 Å². The van der Waals surface area contributed by atoms with E-state index in [4.69, 9.17) is 5.73 Å². The highest BCUT2D eigenvalue weighted by Crippen LogP contribution is 1.83. The minimum absolute atomic E-state index is 0.807. The van der Waals surface area contributed by atoms with E-state index in [0.29, 0.717) is 0 Å². The highest BCUT2D eigenvalue weighted by Gasteiger charge is 1.67. The van der Waals surface area contributed by atoms with Gasteiger partial charge in [-0.05, 0) is 6.26 Å². The molecule has 0 bridgehead atoms. The Morgan fingerprint density at radius 1 is 0.909 bits per heavy atom. The van der Waals surface area contributed by atoms with Crippen molar-refractivity contribution in [3.63, 3.8) is 0 Å². The topological polar surface area (TPSA) is 26.0 Å². The van der Waals surface area contributed by atoms with Crippen molar-refractivity contribution in [1.29, 1.82) is 0 Å². The van der Waals surface area contributed by atoms with Gasteiger partial charge in [0.25, 0.3) is 0 Å². The molecule has 0 atom stereocenters. The van der Waals surface area contributed by atoms with E-state index in [1.165, 1.54) is 0 Å². The summed E-state index contributed by atoms with van der Waals surface area (Å²) in [6.07, 6.45) is 2.05. The minimum Gasteiger partial charge on any atom is -0.330 e. The zero-order valence-corrected chi connectivity index (χ0v) is 10.2. The fourth-order valence-corrected chi connectivity index (χ4v) is 0.354. The molecule has 0 aliphatic heterocycles. The standard InChI is InChI=1S/C3H9NS.3C2H6/c1-5-3-2-4;3*1-2/h2-4H2,1H3;3*1-2H3.